The van der Waals surface area contributed by atoms with E-state index in [2.05, 4.69) is 11.4 Å². The van der Waals surface area contributed by atoms with Gasteiger partial charge in [-0.3, -0.25) is 0 Å². The minimum atomic E-state index is 0.515. The number of nitrogens with zero attached hydrogens (tertiary/aromatic N) is 1. The van der Waals surface area contributed by atoms with Crippen molar-refractivity contribution < 1.29 is 9.47 Å². The predicted molar refractivity (Wildman–Crippen MR) is 90.6 cm³/mol. The lowest BCUT2D eigenvalue weighted by Crippen LogP contribution is -2.18. The highest BCUT2D eigenvalue weighted by Crippen LogP contribution is 2.29. The van der Waals surface area contributed by atoms with Crippen molar-refractivity contribution in [3.05, 3.63) is 59.7 Å². The van der Waals surface area contributed by atoms with Crippen LogP contribution in [-0.4, -0.2) is 20.2 Å². The summed E-state index contributed by atoms with van der Waals surface area (Å²) < 4.78 is 11.3. The first-order chi connectivity index (χ1) is 11.3. The molecule has 23 heavy (non-hydrogen) atoms. The second kappa shape index (κ2) is 9.50. The van der Waals surface area contributed by atoms with Gasteiger partial charge in [0.1, 0.15) is 6.61 Å². The van der Waals surface area contributed by atoms with E-state index >= 15 is 0 Å². The molecule has 120 valence electrons. The van der Waals surface area contributed by atoms with Gasteiger partial charge in [0.15, 0.2) is 11.5 Å². The Kier molecular flexibility index (Phi) is 6.96. The van der Waals surface area contributed by atoms with Gasteiger partial charge in [0.05, 0.1) is 13.2 Å². The van der Waals surface area contributed by atoms with E-state index in [0.717, 1.165) is 36.6 Å². The monoisotopic (exact) mass is 310 g/mol. The third kappa shape index (κ3) is 5.65. The number of ether oxygens (including phenoxy) is 2. The maximum atomic E-state index is 8.51. The van der Waals surface area contributed by atoms with Gasteiger partial charge in [-0.25, -0.2) is 0 Å². The number of methoxy groups -OCH3 is 1. The van der Waals surface area contributed by atoms with Crippen molar-refractivity contribution in [2.75, 3.05) is 20.2 Å². The molecule has 2 rings (SSSR count). The number of hydrogen-bond acceptors (Lipinski definition) is 4. The molecule has 0 saturated carbocycles. The van der Waals surface area contributed by atoms with Gasteiger partial charge in [0.25, 0.3) is 0 Å². The lowest BCUT2D eigenvalue weighted by atomic mass is 10.1. The second-order valence-corrected chi connectivity index (χ2v) is 5.17. The summed E-state index contributed by atoms with van der Waals surface area (Å²) in [6.07, 6.45) is 1.42. The molecular formula is C19H22N2O2. The lowest BCUT2D eigenvalue weighted by Gasteiger charge is -2.12. The summed E-state index contributed by atoms with van der Waals surface area (Å²) in [6.45, 7) is 2.08. The Morgan fingerprint density at radius 3 is 2.57 bits per heavy atom. The molecule has 0 unspecified atom stereocenters. The Hall–Kier alpha value is -2.51. The van der Waals surface area contributed by atoms with Crippen LogP contribution in [0.15, 0.2) is 48.5 Å². The van der Waals surface area contributed by atoms with Crippen molar-refractivity contribution in [3.8, 4) is 17.6 Å². The van der Waals surface area contributed by atoms with Gasteiger partial charge in [-0.15, -0.1) is 0 Å². The molecule has 0 heterocycles. The quantitative estimate of drug-likeness (QED) is 0.722. The Labute approximate surface area is 137 Å². The molecule has 0 aliphatic carbocycles. The number of hydrogen-bond donors (Lipinski definition) is 1. The van der Waals surface area contributed by atoms with Gasteiger partial charge in [-0.2, -0.15) is 5.26 Å². The van der Waals surface area contributed by atoms with Gasteiger partial charge < -0.3 is 14.8 Å². The molecule has 0 atom stereocenters. The zero-order valence-corrected chi connectivity index (χ0v) is 13.4. The molecule has 0 radical (unpaired) electrons. The summed E-state index contributed by atoms with van der Waals surface area (Å²) in [4.78, 5) is 0. The topological polar surface area (TPSA) is 54.3 Å². The van der Waals surface area contributed by atoms with E-state index in [-0.39, 0.29) is 0 Å². The van der Waals surface area contributed by atoms with Crippen LogP contribution >= 0.6 is 0 Å². The Morgan fingerprint density at radius 1 is 1.00 bits per heavy atom. The van der Waals surface area contributed by atoms with E-state index in [1.54, 1.807) is 7.11 Å². The fourth-order valence-corrected chi connectivity index (χ4v) is 2.23. The maximum Gasteiger partial charge on any atom is 0.161 e. The molecule has 0 saturated heterocycles. The summed E-state index contributed by atoms with van der Waals surface area (Å²) in [5.74, 6) is 1.49. The smallest absolute Gasteiger partial charge is 0.161 e. The summed E-state index contributed by atoms with van der Waals surface area (Å²) in [5.41, 5.74) is 2.30. The average Bonchev–Trinajstić information content (AvgIpc) is 2.61. The molecule has 4 heteroatoms. The molecule has 0 aliphatic rings. The molecule has 0 aromatic heterocycles. The summed E-state index contributed by atoms with van der Waals surface area (Å²) >= 11 is 0. The first-order valence-electron chi connectivity index (χ1n) is 7.75. The Morgan fingerprint density at radius 2 is 1.83 bits per heavy atom. The van der Waals surface area contributed by atoms with Crippen LogP contribution in [0, 0.1) is 11.3 Å². The van der Waals surface area contributed by atoms with Crippen LogP contribution in [0.4, 0.5) is 0 Å². The largest absolute Gasteiger partial charge is 0.493 e. The number of benzene rings is 2. The van der Waals surface area contributed by atoms with Crippen molar-refractivity contribution in [2.24, 2.45) is 0 Å². The molecule has 0 aliphatic heterocycles. The van der Waals surface area contributed by atoms with E-state index in [4.69, 9.17) is 14.7 Å². The van der Waals surface area contributed by atoms with E-state index in [0.29, 0.717) is 13.0 Å². The molecule has 0 amide bonds. The van der Waals surface area contributed by atoms with Crippen LogP contribution in [-0.2, 0) is 13.0 Å². The molecule has 4 nitrogen and oxygen atoms in total. The van der Waals surface area contributed by atoms with E-state index in [1.165, 1.54) is 5.56 Å². The molecule has 0 fully saturated rings. The van der Waals surface area contributed by atoms with Gasteiger partial charge >= 0.3 is 0 Å². The van der Waals surface area contributed by atoms with Gasteiger partial charge in [0, 0.05) is 13.0 Å². The Balaban J connectivity index is 1.94. The highest BCUT2D eigenvalue weighted by Gasteiger charge is 2.06. The third-order valence-corrected chi connectivity index (χ3v) is 3.47. The molecule has 2 aromatic rings. The molecule has 2 aromatic carbocycles. The number of nitrogens with one attached hydrogen (secondary N) is 1. The van der Waals surface area contributed by atoms with Gasteiger partial charge in [-0.1, -0.05) is 36.4 Å². The van der Waals surface area contributed by atoms with E-state index in [1.807, 2.05) is 48.5 Å². The van der Waals surface area contributed by atoms with Crippen molar-refractivity contribution in [1.82, 2.24) is 5.32 Å². The predicted octanol–water partition coefficient (Wildman–Crippen LogP) is 3.32. The van der Waals surface area contributed by atoms with Crippen molar-refractivity contribution >= 4 is 0 Å². The summed E-state index contributed by atoms with van der Waals surface area (Å²) in [7, 11) is 1.65. The van der Waals surface area contributed by atoms with E-state index in [9.17, 15) is 0 Å². The first kappa shape index (κ1) is 16.9. The van der Waals surface area contributed by atoms with Crippen molar-refractivity contribution in [1.29, 1.82) is 5.26 Å². The van der Waals surface area contributed by atoms with Crippen LogP contribution in [0.1, 0.15) is 17.5 Å². The van der Waals surface area contributed by atoms with Crippen molar-refractivity contribution in [3.63, 3.8) is 0 Å². The van der Waals surface area contributed by atoms with Crippen molar-refractivity contribution in [2.45, 2.75) is 19.4 Å². The van der Waals surface area contributed by atoms with Crippen LogP contribution in [0.2, 0.25) is 0 Å². The van der Waals surface area contributed by atoms with E-state index < -0.39 is 0 Å². The zero-order valence-electron chi connectivity index (χ0n) is 13.4. The number of rotatable bonds is 9. The van der Waals surface area contributed by atoms with Crippen LogP contribution < -0.4 is 14.8 Å². The average molecular weight is 310 g/mol. The first-order valence-corrected chi connectivity index (χ1v) is 7.75. The standard InChI is InChI=1S/C19H22N2O2/c1-22-18-9-8-16(10-13-21-12-5-11-20)14-19(18)23-15-17-6-3-2-4-7-17/h2-4,6-9,14,21H,5,10,12-13,15H2,1H3. The fraction of sp³-hybridized carbons (Fsp3) is 0.316. The SMILES string of the molecule is COc1ccc(CCNCCC#N)cc1OCc1ccccc1. The van der Waals surface area contributed by atoms with Gasteiger partial charge in [0.2, 0.25) is 0 Å². The third-order valence-electron chi connectivity index (χ3n) is 3.47. The van der Waals surface area contributed by atoms with Crippen LogP contribution in [0.3, 0.4) is 0 Å². The highest BCUT2D eigenvalue weighted by molar-refractivity contribution is 5.43. The molecule has 0 bridgehead atoms. The molecular weight excluding hydrogens is 288 g/mol. The number of nitriles is 1. The minimum absolute atomic E-state index is 0.515. The van der Waals surface area contributed by atoms with Crippen LogP contribution in [0.5, 0.6) is 11.5 Å². The summed E-state index contributed by atoms with van der Waals surface area (Å²) in [5, 5.41) is 11.8. The molecule has 0 spiro atoms. The molecule has 1 N–H and O–H groups in total. The fourth-order valence-electron chi connectivity index (χ4n) is 2.23. The minimum Gasteiger partial charge on any atom is -0.493 e. The lowest BCUT2D eigenvalue weighted by molar-refractivity contribution is 0.284. The van der Waals surface area contributed by atoms with Crippen LogP contribution in [0.25, 0.3) is 0 Å². The second-order valence-electron chi connectivity index (χ2n) is 5.17. The highest BCUT2D eigenvalue weighted by atomic mass is 16.5. The van der Waals surface area contributed by atoms with Gasteiger partial charge in [-0.05, 0) is 36.2 Å². The Bertz CT molecular complexity index is 636. The normalized spacial score (nSPS) is 10.1. The maximum absolute atomic E-state index is 8.51. The summed E-state index contributed by atoms with van der Waals surface area (Å²) in [6, 6.07) is 18.2. The zero-order chi connectivity index (χ0) is 16.3.